The molecule has 88 valence electrons. The van der Waals surface area contributed by atoms with Crippen LogP contribution in [0.2, 0.25) is 0 Å². The first-order chi connectivity index (χ1) is 7.48. The van der Waals surface area contributed by atoms with E-state index in [-0.39, 0.29) is 5.41 Å². The fraction of sp³-hybridized carbons (Fsp3) is 0.571. The predicted molar refractivity (Wildman–Crippen MR) is 64.7 cm³/mol. The molecule has 1 fully saturated rings. The van der Waals surface area contributed by atoms with Crippen molar-refractivity contribution in [2.75, 3.05) is 7.11 Å². The van der Waals surface area contributed by atoms with Gasteiger partial charge in [0.25, 0.3) is 0 Å². The molecule has 0 aromatic heterocycles. The lowest BCUT2D eigenvalue weighted by molar-refractivity contribution is -0.00743. The van der Waals surface area contributed by atoms with E-state index in [1.807, 2.05) is 31.2 Å². The number of hydrogen-bond donors (Lipinski definition) is 1. The molecule has 2 rings (SSSR count). The molecule has 0 aliphatic heterocycles. The smallest absolute Gasteiger partial charge is 0.122 e. The van der Waals surface area contributed by atoms with Crippen LogP contribution in [0.1, 0.15) is 32.3 Å². The minimum absolute atomic E-state index is 0.0911. The molecule has 0 amide bonds. The zero-order valence-corrected chi connectivity index (χ0v) is 10.3. The Hall–Kier alpha value is -1.02. The van der Waals surface area contributed by atoms with Gasteiger partial charge in [0.05, 0.1) is 12.7 Å². The highest BCUT2D eigenvalue weighted by atomic mass is 16.5. The molecule has 0 radical (unpaired) electrons. The number of para-hydroxylation sites is 1. The van der Waals surface area contributed by atoms with E-state index >= 15 is 0 Å². The molecule has 1 aliphatic rings. The quantitative estimate of drug-likeness (QED) is 0.845. The molecular weight excluding hydrogens is 200 g/mol. The summed E-state index contributed by atoms with van der Waals surface area (Å²) in [7, 11) is 1.67. The van der Waals surface area contributed by atoms with Gasteiger partial charge in [-0.25, -0.2) is 0 Å². The summed E-state index contributed by atoms with van der Waals surface area (Å²) < 4.78 is 5.31. The maximum absolute atomic E-state index is 10.5. The van der Waals surface area contributed by atoms with Gasteiger partial charge in [-0.15, -0.1) is 0 Å². The van der Waals surface area contributed by atoms with Crippen LogP contribution in [0.5, 0.6) is 5.75 Å². The lowest BCUT2D eigenvalue weighted by atomic mass is 9.82. The third kappa shape index (κ3) is 1.94. The predicted octanol–water partition coefficient (Wildman–Crippen LogP) is 2.79. The van der Waals surface area contributed by atoms with Gasteiger partial charge < -0.3 is 9.84 Å². The van der Waals surface area contributed by atoms with Crippen molar-refractivity contribution in [2.45, 2.75) is 38.7 Å². The second-order valence-corrected chi connectivity index (χ2v) is 5.32. The van der Waals surface area contributed by atoms with Crippen molar-refractivity contribution in [3.63, 3.8) is 0 Å². The summed E-state index contributed by atoms with van der Waals surface area (Å²) in [6, 6.07) is 7.92. The van der Waals surface area contributed by atoms with Crippen LogP contribution in [0.25, 0.3) is 0 Å². The van der Waals surface area contributed by atoms with Crippen molar-refractivity contribution in [1.82, 2.24) is 0 Å². The lowest BCUT2D eigenvalue weighted by Gasteiger charge is -2.31. The molecule has 1 atom stereocenters. The van der Waals surface area contributed by atoms with Gasteiger partial charge in [-0.1, -0.05) is 25.1 Å². The van der Waals surface area contributed by atoms with Gasteiger partial charge in [-0.05, 0) is 36.8 Å². The number of methoxy groups -OCH3 is 1. The van der Waals surface area contributed by atoms with Gasteiger partial charge in [0, 0.05) is 6.42 Å². The Kier molecular flexibility index (Phi) is 2.70. The first kappa shape index (κ1) is 11.5. The summed E-state index contributed by atoms with van der Waals surface area (Å²) in [5.74, 6) is 0.868. The topological polar surface area (TPSA) is 29.5 Å². The number of rotatable bonds is 4. The van der Waals surface area contributed by atoms with Crippen molar-refractivity contribution in [3.05, 3.63) is 29.8 Å². The molecule has 2 nitrogen and oxygen atoms in total. The summed E-state index contributed by atoms with van der Waals surface area (Å²) in [6.45, 7) is 4.09. The van der Waals surface area contributed by atoms with Crippen molar-refractivity contribution >= 4 is 0 Å². The lowest BCUT2D eigenvalue weighted by Crippen LogP contribution is -2.36. The van der Waals surface area contributed by atoms with Gasteiger partial charge in [-0.2, -0.15) is 0 Å². The van der Waals surface area contributed by atoms with Crippen LogP contribution in [0.15, 0.2) is 24.3 Å². The highest BCUT2D eigenvalue weighted by Crippen LogP contribution is 2.54. The van der Waals surface area contributed by atoms with E-state index in [4.69, 9.17) is 4.74 Å². The third-order valence-corrected chi connectivity index (χ3v) is 4.03. The van der Waals surface area contributed by atoms with E-state index in [9.17, 15) is 5.11 Å². The Morgan fingerprint density at radius 3 is 2.56 bits per heavy atom. The largest absolute Gasteiger partial charge is 0.496 e. The Morgan fingerprint density at radius 1 is 1.38 bits per heavy atom. The molecule has 0 spiro atoms. The van der Waals surface area contributed by atoms with E-state index in [0.29, 0.717) is 6.42 Å². The van der Waals surface area contributed by atoms with Crippen LogP contribution in [0.4, 0.5) is 0 Å². The average molecular weight is 220 g/mol. The van der Waals surface area contributed by atoms with Crippen LogP contribution in [-0.2, 0) is 6.42 Å². The van der Waals surface area contributed by atoms with Crippen LogP contribution in [-0.4, -0.2) is 17.8 Å². The molecule has 1 aliphatic carbocycles. The van der Waals surface area contributed by atoms with E-state index in [0.717, 1.165) is 24.2 Å². The molecule has 1 N–H and O–H groups in total. The highest BCUT2D eigenvalue weighted by Gasteiger charge is 2.52. The van der Waals surface area contributed by atoms with Crippen molar-refractivity contribution in [3.8, 4) is 5.75 Å². The van der Waals surface area contributed by atoms with E-state index in [1.54, 1.807) is 7.11 Å². The van der Waals surface area contributed by atoms with Crippen molar-refractivity contribution < 1.29 is 9.84 Å². The van der Waals surface area contributed by atoms with E-state index < -0.39 is 5.60 Å². The third-order valence-electron chi connectivity index (χ3n) is 4.03. The van der Waals surface area contributed by atoms with Crippen LogP contribution < -0.4 is 4.74 Å². The molecule has 0 saturated heterocycles. The second kappa shape index (κ2) is 3.77. The van der Waals surface area contributed by atoms with Gasteiger partial charge in [-0.3, -0.25) is 0 Å². The second-order valence-electron chi connectivity index (χ2n) is 5.32. The van der Waals surface area contributed by atoms with Gasteiger partial charge in [0.2, 0.25) is 0 Å². The molecule has 2 heteroatoms. The van der Waals surface area contributed by atoms with Crippen LogP contribution >= 0.6 is 0 Å². The standard InChI is InChI=1S/C14H20O2/c1-13(8-9-13)14(2,15)10-11-6-4-5-7-12(11)16-3/h4-7,15H,8-10H2,1-3H3. The summed E-state index contributed by atoms with van der Waals surface area (Å²) in [4.78, 5) is 0. The molecule has 1 aromatic rings. The normalized spacial score (nSPS) is 21.2. The monoisotopic (exact) mass is 220 g/mol. The molecule has 0 heterocycles. The summed E-state index contributed by atoms with van der Waals surface area (Å²) in [5.41, 5.74) is 0.540. The zero-order valence-electron chi connectivity index (χ0n) is 10.3. The van der Waals surface area contributed by atoms with Gasteiger partial charge in [0.1, 0.15) is 5.75 Å². The number of hydrogen-bond acceptors (Lipinski definition) is 2. The highest BCUT2D eigenvalue weighted by molar-refractivity contribution is 5.35. The molecule has 1 unspecified atom stereocenters. The Bertz CT molecular complexity index is 378. The molecular formula is C14H20O2. The maximum atomic E-state index is 10.5. The molecule has 0 bridgehead atoms. The number of aliphatic hydroxyl groups is 1. The number of ether oxygens (including phenoxy) is 1. The molecule has 1 aromatic carbocycles. The minimum atomic E-state index is -0.637. The van der Waals surface area contributed by atoms with Gasteiger partial charge >= 0.3 is 0 Å². The fourth-order valence-electron chi connectivity index (χ4n) is 2.16. The Balaban J connectivity index is 2.20. The first-order valence-electron chi connectivity index (χ1n) is 5.83. The first-order valence-corrected chi connectivity index (χ1v) is 5.83. The Labute approximate surface area is 97.3 Å². The van der Waals surface area contributed by atoms with Crippen LogP contribution in [0.3, 0.4) is 0 Å². The summed E-state index contributed by atoms with van der Waals surface area (Å²) >= 11 is 0. The SMILES string of the molecule is COc1ccccc1CC(C)(O)C1(C)CC1. The maximum Gasteiger partial charge on any atom is 0.122 e. The van der Waals surface area contributed by atoms with E-state index in [1.165, 1.54) is 0 Å². The average Bonchev–Trinajstić information content (AvgIpc) is 2.98. The summed E-state index contributed by atoms with van der Waals surface area (Å²) in [6.07, 6.45) is 2.90. The zero-order chi connectivity index (χ0) is 11.8. The fourth-order valence-corrected chi connectivity index (χ4v) is 2.16. The van der Waals surface area contributed by atoms with Crippen molar-refractivity contribution in [1.29, 1.82) is 0 Å². The minimum Gasteiger partial charge on any atom is -0.496 e. The van der Waals surface area contributed by atoms with Crippen molar-refractivity contribution in [2.24, 2.45) is 5.41 Å². The number of benzene rings is 1. The van der Waals surface area contributed by atoms with E-state index in [2.05, 4.69) is 6.92 Å². The summed E-state index contributed by atoms with van der Waals surface area (Å²) in [5, 5.41) is 10.5. The Morgan fingerprint density at radius 2 is 2.00 bits per heavy atom. The van der Waals surface area contributed by atoms with Crippen LogP contribution in [0, 0.1) is 5.41 Å². The molecule has 16 heavy (non-hydrogen) atoms. The van der Waals surface area contributed by atoms with Gasteiger partial charge in [0.15, 0.2) is 0 Å². The molecule has 1 saturated carbocycles.